The number of carbonyl (C=O) groups is 1. The molecular weight excluding hydrogens is 273 g/mol. The average molecular weight is 290 g/mol. The van der Waals surface area contributed by atoms with Crippen LogP contribution in [0, 0.1) is 5.41 Å². The van der Waals surface area contributed by atoms with E-state index < -0.39 is 17.5 Å². The van der Waals surface area contributed by atoms with E-state index in [0.717, 1.165) is 4.90 Å². The maximum atomic E-state index is 13.3. The van der Waals surface area contributed by atoms with Gasteiger partial charge in [0.15, 0.2) is 5.41 Å². The fraction of sp³-hybridized carbons (Fsp3) is 0.667. The topological polar surface area (TPSA) is 50.2 Å². The summed E-state index contributed by atoms with van der Waals surface area (Å²) in [6.45, 7) is -0.109. The molecular formula is C12H17F3N4O. The first-order chi connectivity index (χ1) is 9.28. The number of alkyl halides is 3. The largest absolute Gasteiger partial charge is 0.404 e. The van der Waals surface area contributed by atoms with Crippen molar-refractivity contribution in [3.8, 4) is 0 Å². The third kappa shape index (κ3) is 2.39. The van der Waals surface area contributed by atoms with Crippen LogP contribution in [0.1, 0.15) is 12.2 Å². The summed E-state index contributed by atoms with van der Waals surface area (Å²) in [5, 5.41) is 2.64. The van der Waals surface area contributed by atoms with E-state index in [1.165, 1.54) is 7.05 Å². The first-order valence-electron chi connectivity index (χ1n) is 6.27. The van der Waals surface area contributed by atoms with Gasteiger partial charge in [-0.1, -0.05) is 0 Å². The first kappa shape index (κ1) is 14.8. The highest BCUT2D eigenvalue weighted by Gasteiger charge is 2.62. The highest BCUT2D eigenvalue weighted by Crippen LogP contribution is 2.44. The number of imidazole rings is 1. The minimum atomic E-state index is -4.55. The normalized spacial score (nSPS) is 23.1. The fourth-order valence-corrected chi connectivity index (χ4v) is 2.44. The van der Waals surface area contributed by atoms with Crippen molar-refractivity contribution in [3.05, 3.63) is 18.2 Å². The molecule has 112 valence electrons. The molecule has 0 spiro atoms. The number of halogens is 3. The number of nitrogens with one attached hydrogen (secondary N) is 1. The Kier molecular flexibility index (Phi) is 3.77. The van der Waals surface area contributed by atoms with Gasteiger partial charge < -0.3 is 14.8 Å². The molecule has 1 aliphatic heterocycles. The lowest BCUT2D eigenvalue weighted by molar-refractivity contribution is -0.221. The predicted octanol–water partition coefficient (Wildman–Crippen LogP) is 0.921. The molecule has 1 aromatic rings. The molecule has 0 saturated carbocycles. The Morgan fingerprint density at radius 2 is 2.30 bits per heavy atom. The smallest absolute Gasteiger partial charge is 0.337 e. The van der Waals surface area contributed by atoms with Gasteiger partial charge >= 0.3 is 6.18 Å². The number of rotatable bonds is 3. The number of nitrogens with zero attached hydrogens (tertiary/aromatic N) is 3. The van der Waals surface area contributed by atoms with Gasteiger partial charge in [0.2, 0.25) is 5.91 Å². The maximum Gasteiger partial charge on any atom is 0.404 e. The zero-order chi connectivity index (χ0) is 15.0. The van der Waals surface area contributed by atoms with E-state index in [4.69, 9.17) is 0 Å². The molecule has 20 heavy (non-hydrogen) atoms. The lowest BCUT2D eigenvalue weighted by atomic mass is 9.84. The van der Waals surface area contributed by atoms with E-state index in [2.05, 4.69) is 10.3 Å². The van der Waals surface area contributed by atoms with Crippen LogP contribution in [0.25, 0.3) is 0 Å². The molecule has 1 atom stereocenters. The Morgan fingerprint density at radius 3 is 2.75 bits per heavy atom. The predicted molar refractivity (Wildman–Crippen MR) is 65.7 cm³/mol. The second-order valence-electron chi connectivity index (χ2n) is 5.12. The van der Waals surface area contributed by atoms with Crippen molar-refractivity contribution in [2.24, 2.45) is 12.5 Å². The first-order valence-corrected chi connectivity index (χ1v) is 6.27. The molecule has 2 heterocycles. The molecule has 1 amide bonds. The number of amides is 1. The van der Waals surface area contributed by atoms with Crippen LogP contribution in [0.5, 0.6) is 0 Å². The van der Waals surface area contributed by atoms with Crippen LogP contribution in [0.4, 0.5) is 13.2 Å². The number of hydrogen-bond donors (Lipinski definition) is 1. The van der Waals surface area contributed by atoms with Gasteiger partial charge in [0.25, 0.3) is 0 Å². The van der Waals surface area contributed by atoms with Gasteiger partial charge in [-0.3, -0.25) is 4.79 Å². The number of aryl methyl sites for hydroxylation is 1. The summed E-state index contributed by atoms with van der Waals surface area (Å²) in [5.41, 5.74) is -2.31. The van der Waals surface area contributed by atoms with Gasteiger partial charge in [0.1, 0.15) is 5.82 Å². The average Bonchev–Trinajstić information content (AvgIpc) is 2.98. The fourth-order valence-electron chi connectivity index (χ4n) is 2.44. The molecule has 1 aliphatic rings. The Morgan fingerprint density at radius 1 is 1.60 bits per heavy atom. The monoisotopic (exact) mass is 290 g/mol. The summed E-state index contributed by atoms with van der Waals surface area (Å²) >= 11 is 0. The molecule has 0 aromatic carbocycles. The highest BCUT2D eigenvalue weighted by atomic mass is 19.4. The Labute approximate surface area is 114 Å². The van der Waals surface area contributed by atoms with Gasteiger partial charge in [-0.25, -0.2) is 4.98 Å². The molecule has 5 nitrogen and oxygen atoms in total. The molecule has 1 unspecified atom stereocenters. The van der Waals surface area contributed by atoms with Crippen molar-refractivity contribution in [2.75, 3.05) is 20.1 Å². The molecule has 1 aromatic heterocycles. The summed E-state index contributed by atoms with van der Waals surface area (Å²) in [4.78, 5) is 17.4. The molecule has 0 radical (unpaired) electrons. The quantitative estimate of drug-likeness (QED) is 0.900. The second-order valence-corrected chi connectivity index (χ2v) is 5.12. The van der Waals surface area contributed by atoms with Crippen LogP contribution in [0.2, 0.25) is 0 Å². The van der Waals surface area contributed by atoms with Crippen LogP contribution >= 0.6 is 0 Å². The summed E-state index contributed by atoms with van der Waals surface area (Å²) in [7, 11) is 3.11. The van der Waals surface area contributed by atoms with Crippen molar-refractivity contribution in [3.63, 3.8) is 0 Å². The summed E-state index contributed by atoms with van der Waals surface area (Å²) < 4.78 is 41.5. The third-order valence-electron chi connectivity index (χ3n) is 3.75. The van der Waals surface area contributed by atoms with Gasteiger partial charge in [0, 0.05) is 33.0 Å². The van der Waals surface area contributed by atoms with Crippen molar-refractivity contribution >= 4 is 5.91 Å². The van der Waals surface area contributed by atoms with Crippen molar-refractivity contribution < 1.29 is 18.0 Å². The summed E-state index contributed by atoms with van der Waals surface area (Å²) in [6, 6.07) is 0. The molecule has 0 aliphatic carbocycles. The van der Waals surface area contributed by atoms with Crippen molar-refractivity contribution in [1.82, 2.24) is 19.8 Å². The Hall–Kier alpha value is -1.57. The standard InChI is InChI=1S/C12H17F3N4O/c1-18-6-5-17-9(18)7-19(2)10(20)11(12(13,14)15)3-4-16-8-11/h5-6,16H,3-4,7-8H2,1-2H3. The van der Waals surface area contributed by atoms with Crippen LogP contribution in [0.3, 0.4) is 0 Å². The van der Waals surface area contributed by atoms with Crippen LogP contribution in [0.15, 0.2) is 12.4 Å². The molecule has 2 rings (SSSR count). The van der Waals surface area contributed by atoms with E-state index in [1.807, 2.05) is 0 Å². The van der Waals surface area contributed by atoms with Crippen LogP contribution in [-0.2, 0) is 18.4 Å². The zero-order valence-electron chi connectivity index (χ0n) is 11.4. The SMILES string of the molecule is CN(Cc1nccn1C)C(=O)C1(C(F)(F)F)CCNC1. The van der Waals surface area contributed by atoms with E-state index >= 15 is 0 Å². The Bertz CT molecular complexity index is 491. The minimum Gasteiger partial charge on any atom is -0.337 e. The number of aromatic nitrogens is 2. The summed E-state index contributed by atoms with van der Waals surface area (Å²) in [5.74, 6) is -0.359. The lowest BCUT2D eigenvalue weighted by Gasteiger charge is -2.33. The molecule has 1 saturated heterocycles. The summed E-state index contributed by atoms with van der Waals surface area (Å²) in [6.07, 6.45) is -1.54. The molecule has 1 fully saturated rings. The van der Waals surface area contributed by atoms with Gasteiger partial charge in [-0.2, -0.15) is 13.2 Å². The molecule has 1 N–H and O–H groups in total. The zero-order valence-corrected chi connectivity index (χ0v) is 11.4. The number of hydrogen-bond acceptors (Lipinski definition) is 3. The van der Waals surface area contributed by atoms with Crippen LogP contribution in [-0.4, -0.2) is 46.7 Å². The lowest BCUT2D eigenvalue weighted by Crippen LogP contribution is -2.52. The van der Waals surface area contributed by atoms with Gasteiger partial charge in [-0.05, 0) is 13.0 Å². The maximum absolute atomic E-state index is 13.3. The number of carbonyl (C=O) groups excluding carboxylic acids is 1. The van der Waals surface area contributed by atoms with Crippen LogP contribution < -0.4 is 5.32 Å². The van der Waals surface area contributed by atoms with E-state index in [1.54, 1.807) is 24.0 Å². The Balaban J connectivity index is 2.18. The molecule has 8 heteroatoms. The van der Waals surface area contributed by atoms with Crippen molar-refractivity contribution in [1.29, 1.82) is 0 Å². The third-order valence-corrected chi connectivity index (χ3v) is 3.75. The molecule has 0 bridgehead atoms. The minimum absolute atomic E-state index is 0.0557. The van der Waals surface area contributed by atoms with E-state index in [0.29, 0.717) is 5.82 Å². The van der Waals surface area contributed by atoms with Crippen molar-refractivity contribution in [2.45, 2.75) is 19.1 Å². The van der Waals surface area contributed by atoms with Gasteiger partial charge in [0.05, 0.1) is 6.54 Å². The second kappa shape index (κ2) is 5.08. The highest BCUT2D eigenvalue weighted by molar-refractivity contribution is 5.84. The van der Waals surface area contributed by atoms with E-state index in [9.17, 15) is 18.0 Å². The van der Waals surface area contributed by atoms with E-state index in [-0.39, 0.29) is 26.1 Å². The van der Waals surface area contributed by atoms with Gasteiger partial charge in [-0.15, -0.1) is 0 Å².